The molecule has 3 rings (SSSR count). The van der Waals surface area contributed by atoms with Crippen molar-refractivity contribution in [1.29, 1.82) is 0 Å². The molecule has 0 atom stereocenters. The van der Waals surface area contributed by atoms with E-state index in [0.717, 1.165) is 37.3 Å². The van der Waals surface area contributed by atoms with Crippen LogP contribution in [0.25, 0.3) is 11.6 Å². The van der Waals surface area contributed by atoms with Gasteiger partial charge in [0, 0.05) is 55.8 Å². The fourth-order valence-electron chi connectivity index (χ4n) is 5.42. The zero-order chi connectivity index (χ0) is 35.1. The monoisotopic (exact) mass is 671 g/mol. The van der Waals surface area contributed by atoms with Crippen molar-refractivity contribution in [3.63, 3.8) is 0 Å². The third kappa shape index (κ3) is 11.0. The number of H-pyrrole nitrogens is 1. The maximum Gasteiger partial charge on any atom is 0.416 e. The fraction of sp³-hybridized carbons (Fsp3) is 0.543. The van der Waals surface area contributed by atoms with E-state index in [-0.39, 0.29) is 30.5 Å². The van der Waals surface area contributed by atoms with Gasteiger partial charge in [0.15, 0.2) is 0 Å². The number of nitrogens with one attached hydrogen (secondary N) is 3. The smallest absolute Gasteiger partial charge is 0.416 e. The predicted molar refractivity (Wildman–Crippen MR) is 182 cm³/mol. The van der Waals surface area contributed by atoms with Crippen molar-refractivity contribution in [3.8, 4) is 0 Å². The molecule has 0 saturated carbocycles. The number of likely N-dealkylation sites (N-methyl/N-ethyl adjacent to an activating group) is 1. The van der Waals surface area contributed by atoms with E-state index < -0.39 is 17.8 Å². The number of imide groups is 1. The summed E-state index contributed by atoms with van der Waals surface area (Å²) in [5.74, 6) is -1.39. The number of fused-ring (bicyclic) bond motifs is 1. The molecule has 0 unspecified atom stereocenters. The Kier molecular flexibility index (Phi) is 15.7. The van der Waals surface area contributed by atoms with Gasteiger partial charge in [-0.15, -0.1) is 0 Å². The first-order valence-corrected chi connectivity index (χ1v) is 16.7. The summed E-state index contributed by atoms with van der Waals surface area (Å²) in [6.45, 7) is 11.7. The Bertz CT molecular complexity index is 1440. The maximum atomic E-state index is 14.0. The molecule has 2 heterocycles. The minimum atomic E-state index is -0.716. The van der Waals surface area contributed by atoms with Gasteiger partial charge in [0.1, 0.15) is 5.82 Å². The number of ether oxygens (including phenoxy) is 3. The Balaban J connectivity index is 1.58. The molecule has 1 aliphatic heterocycles. The number of anilines is 1. The average molecular weight is 672 g/mol. The molecule has 2 aromatic rings. The molecule has 0 saturated heterocycles. The number of aromatic amines is 1. The summed E-state index contributed by atoms with van der Waals surface area (Å²) >= 11 is 0. The lowest BCUT2D eigenvalue weighted by Crippen LogP contribution is -2.43. The number of methoxy groups -OCH3 is 1. The number of hydrogen-bond donors (Lipinski definition) is 3. The van der Waals surface area contributed by atoms with Crippen molar-refractivity contribution in [2.75, 3.05) is 71.6 Å². The molecule has 3 N–H and O–H groups in total. The zero-order valence-corrected chi connectivity index (χ0v) is 28.8. The van der Waals surface area contributed by atoms with E-state index in [9.17, 15) is 23.6 Å². The van der Waals surface area contributed by atoms with E-state index in [0.29, 0.717) is 79.5 Å². The number of rotatable bonds is 20. The second-order valence-electron chi connectivity index (χ2n) is 11.6. The summed E-state index contributed by atoms with van der Waals surface area (Å²) in [6, 6.07) is 4.08. The molecular weight excluding hydrogens is 621 g/mol. The number of halogens is 1. The molecule has 0 radical (unpaired) electrons. The molecule has 12 nitrogen and oxygen atoms in total. The Morgan fingerprint density at radius 1 is 0.979 bits per heavy atom. The zero-order valence-electron chi connectivity index (χ0n) is 28.8. The average Bonchev–Trinajstić information content (AvgIpc) is 3.52. The van der Waals surface area contributed by atoms with Crippen LogP contribution < -0.4 is 10.6 Å². The Hall–Kier alpha value is -4.07. The van der Waals surface area contributed by atoms with Gasteiger partial charge in [0.2, 0.25) is 5.91 Å². The van der Waals surface area contributed by atoms with Gasteiger partial charge in [-0.3, -0.25) is 14.4 Å². The van der Waals surface area contributed by atoms with Crippen LogP contribution >= 0.6 is 0 Å². The minimum absolute atomic E-state index is 0.0581. The quantitative estimate of drug-likeness (QED) is 0.133. The number of carbonyl (C=O) groups excluding carboxylic acids is 4. The lowest BCUT2D eigenvalue weighted by Gasteiger charge is -2.25. The number of benzene rings is 1. The molecule has 0 bridgehead atoms. The largest absolute Gasteiger partial charge is 0.449 e. The van der Waals surface area contributed by atoms with Crippen LogP contribution in [0.5, 0.6) is 0 Å². The lowest BCUT2D eigenvalue weighted by molar-refractivity contribution is -0.122. The van der Waals surface area contributed by atoms with Crippen molar-refractivity contribution >= 4 is 41.2 Å². The van der Waals surface area contributed by atoms with Gasteiger partial charge in [0.05, 0.1) is 37.6 Å². The molecule has 1 aromatic carbocycles. The third-order valence-electron chi connectivity index (χ3n) is 8.27. The first-order valence-electron chi connectivity index (χ1n) is 16.7. The van der Waals surface area contributed by atoms with Gasteiger partial charge in [-0.25, -0.2) is 14.1 Å². The number of amides is 4. The Labute approximate surface area is 282 Å². The highest BCUT2D eigenvalue weighted by molar-refractivity contribution is 6.35. The Morgan fingerprint density at radius 3 is 2.46 bits per heavy atom. The highest BCUT2D eigenvalue weighted by Gasteiger charge is 2.30. The number of hydrogen-bond acceptors (Lipinski definition) is 8. The van der Waals surface area contributed by atoms with Gasteiger partial charge in [-0.1, -0.05) is 20.3 Å². The van der Waals surface area contributed by atoms with Gasteiger partial charge < -0.3 is 34.7 Å². The van der Waals surface area contributed by atoms with Crippen LogP contribution in [0.2, 0.25) is 0 Å². The van der Waals surface area contributed by atoms with Crippen LogP contribution in [0.4, 0.5) is 14.9 Å². The van der Waals surface area contributed by atoms with Gasteiger partial charge >= 0.3 is 6.09 Å². The molecule has 13 heteroatoms. The molecule has 1 aliphatic rings. The van der Waals surface area contributed by atoms with Gasteiger partial charge in [0.25, 0.3) is 11.8 Å². The van der Waals surface area contributed by atoms with Crippen LogP contribution in [-0.4, -0.2) is 105 Å². The van der Waals surface area contributed by atoms with Crippen LogP contribution in [0.1, 0.15) is 78.8 Å². The van der Waals surface area contributed by atoms with E-state index in [1.54, 1.807) is 27.0 Å². The number of aromatic nitrogens is 1. The highest BCUT2D eigenvalue weighted by Crippen LogP contribution is 2.34. The second-order valence-corrected chi connectivity index (χ2v) is 11.6. The summed E-state index contributed by atoms with van der Waals surface area (Å²) in [7, 11) is 1.60. The molecule has 48 heavy (non-hydrogen) atoms. The molecule has 1 aromatic heterocycles. The van der Waals surface area contributed by atoms with Crippen LogP contribution in [0.15, 0.2) is 18.2 Å². The van der Waals surface area contributed by atoms with Crippen molar-refractivity contribution in [1.82, 2.24) is 20.1 Å². The fourth-order valence-corrected chi connectivity index (χ4v) is 5.42. The molecule has 264 valence electrons. The van der Waals surface area contributed by atoms with Crippen molar-refractivity contribution in [2.45, 2.75) is 59.8 Å². The SMILES string of the molecule is CCN(CC)CCN(C(=O)OCCCCCCNC(=O)CCOCCOC)C(=O)c1c(C)[nH]c(/C=C2\C(=O)Nc3ccc(F)cc32)c1C. The third-order valence-corrected chi connectivity index (χ3v) is 8.27. The van der Waals surface area contributed by atoms with E-state index in [1.165, 1.54) is 18.2 Å². The summed E-state index contributed by atoms with van der Waals surface area (Å²) in [5.41, 5.74) is 3.16. The van der Waals surface area contributed by atoms with Crippen molar-refractivity contribution in [3.05, 3.63) is 52.1 Å². The lowest BCUT2D eigenvalue weighted by atomic mass is 10.0. The minimum Gasteiger partial charge on any atom is -0.449 e. The number of aryl methyl sites for hydroxylation is 1. The number of carbonyl (C=O) groups is 4. The number of unbranched alkanes of at least 4 members (excludes halogenated alkanes) is 3. The molecule has 0 fully saturated rings. The van der Waals surface area contributed by atoms with E-state index >= 15 is 0 Å². The van der Waals surface area contributed by atoms with Gasteiger partial charge in [-0.05, 0) is 76.0 Å². The van der Waals surface area contributed by atoms with Gasteiger partial charge in [-0.2, -0.15) is 0 Å². The normalized spacial score (nSPS) is 13.1. The van der Waals surface area contributed by atoms with Crippen LogP contribution in [0, 0.1) is 19.7 Å². The molecule has 0 aliphatic carbocycles. The molecule has 4 amide bonds. The summed E-state index contributed by atoms with van der Waals surface area (Å²) in [4.78, 5) is 58.2. The van der Waals surface area contributed by atoms with Crippen LogP contribution in [-0.2, 0) is 23.8 Å². The van der Waals surface area contributed by atoms with E-state index in [2.05, 4.69) is 20.5 Å². The van der Waals surface area contributed by atoms with Crippen molar-refractivity contribution < 1.29 is 37.8 Å². The first-order chi connectivity index (χ1) is 23.1. The summed E-state index contributed by atoms with van der Waals surface area (Å²) < 4.78 is 29.7. The topological polar surface area (TPSA) is 142 Å². The Morgan fingerprint density at radius 2 is 1.73 bits per heavy atom. The summed E-state index contributed by atoms with van der Waals surface area (Å²) in [5, 5.41) is 5.60. The molecular formula is C35H50FN5O7. The van der Waals surface area contributed by atoms with E-state index in [4.69, 9.17) is 14.2 Å². The first kappa shape index (κ1) is 38.4. The van der Waals surface area contributed by atoms with Crippen molar-refractivity contribution in [2.24, 2.45) is 0 Å². The highest BCUT2D eigenvalue weighted by atomic mass is 19.1. The number of nitrogens with zero attached hydrogens (tertiary/aromatic N) is 2. The maximum absolute atomic E-state index is 14.0. The predicted octanol–water partition coefficient (Wildman–Crippen LogP) is 4.91. The standard InChI is InChI=1S/C35H50FN5O7/c1-6-40(7-2)16-17-41(35(45)48-18-11-9-8-10-15-37-31(42)14-19-47-21-20-46-5)34(44)32-24(3)30(38-25(32)4)23-28-27-22-26(36)12-13-29(27)39-33(28)43/h12-13,22-23,38H,6-11,14-21H2,1-5H3,(H,37,42)(H,39,43)/b28-23-. The second kappa shape index (κ2) is 19.7. The van der Waals surface area contributed by atoms with Crippen LogP contribution in [0.3, 0.4) is 0 Å². The van der Waals surface area contributed by atoms with E-state index in [1.807, 2.05) is 13.8 Å². The molecule has 0 spiro atoms. The summed E-state index contributed by atoms with van der Waals surface area (Å²) in [6.07, 6.45) is 4.25.